The second-order valence-electron chi connectivity index (χ2n) is 4.58. The van der Waals surface area contributed by atoms with Gasteiger partial charge in [0.15, 0.2) is 0 Å². The number of hydrogen-bond donors (Lipinski definition) is 2. The largest absolute Gasteiger partial charge is 0.496 e. The first-order chi connectivity index (χ1) is 9.69. The van der Waals surface area contributed by atoms with Crippen molar-refractivity contribution in [2.24, 2.45) is 5.84 Å². The zero-order valence-corrected chi connectivity index (χ0v) is 12.4. The Morgan fingerprint density at radius 3 is 2.70 bits per heavy atom. The zero-order valence-electron chi connectivity index (χ0n) is 11.7. The van der Waals surface area contributed by atoms with Gasteiger partial charge in [0.1, 0.15) is 5.75 Å². The first-order valence-corrected chi connectivity index (χ1v) is 6.95. The molecule has 0 radical (unpaired) electrons. The predicted molar refractivity (Wildman–Crippen MR) is 83.0 cm³/mol. The summed E-state index contributed by atoms with van der Waals surface area (Å²) in [7, 11) is 1.64. The van der Waals surface area contributed by atoms with Crippen LogP contribution in [0.25, 0.3) is 0 Å². The number of aryl methyl sites for hydroxylation is 1. The van der Waals surface area contributed by atoms with E-state index in [9.17, 15) is 0 Å². The molecule has 3 nitrogen and oxygen atoms in total. The van der Waals surface area contributed by atoms with Gasteiger partial charge in [0, 0.05) is 10.6 Å². The van der Waals surface area contributed by atoms with Crippen LogP contribution in [-0.2, 0) is 6.42 Å². The van der Waals surface area contributed by atoms with Crippen molar-refractivity contribution in [2.75, 3.05) is 7.11 Å². The molecule has 0 spiro atoms. The molecule has 0 aliphatic carbocycles. The quantitative estimate of drug-likeness (QED) is 0.655. The summed E-state index contributed by atoms with van der Waals surface area (Å²) in [5, 5.41) is 0.660. The van der Waals surface area contributed by atoms with Crippen LogP contribution in [0.3, 0.4) is 0 Å². The lowest BCUT2D eigenvalue weighted by molar-refractivity contribution is 0.404. The van der Waals surface area contributed by atoms with Gasteiger partial charge in [0.05, 0.1) is 13.2 Å². The van der Waals surface area contributed by atoms with E-state index in [0.29, 0.717) is 5.02 Å². The van der Waals surface area contributed by atoms with Crippen LogP contribution < -0.4 is 16.0 Å². The number of methoxy groups -OCH3 is 1. The maximum Gasteiger partial charge on any atom is 0.124 e. The highest BCUT2D eigenvalue weighted by Crippen LogP contribution is 2.32. The molecule has 0 saturated carbocycles. The van der Waals surface area contributed by atoms with Gasteiger partial charge in [-0.05, 0) is 35.7 Å². The molecule has 1 unspecified atom stereocenters. The van der Waals surface area contributed by atoms with Gasteiger partial charge in [0.2, 0.25) is 0 Å². The number of rotatable bonds is 5. The molecule has 2 aromatic carbocycles. The molecule has 2 aromatic rings. The second-order valence-corrected chi connectivity index (χ2v) is 5.02. The van der Waals surface area contributed by atoms with Gasteiger partial charge >= 0.3 is 0 Å². The maximum absolute atomic E-state index is 6.10. The van der Waals surface area contributed by atoms with E-state index >= 15 is 0 Å². The molecule has 0 heterocycles. The van der Waals surface area contributed by atoms with Gasteiger partial charge in [-0.15, -0.1) is 0 Å². The summed E-state index contributed by atoms with van der Waals surface area (Å²) < 4.78 is 5.41. The predicted octanol–water partition coefficient (Wildman–Crippen LogP) is 3.46. The summed E-state index contributed by atoms with van der Waals surface area (Å²) in [6.45, 7) is 2.13. The Morgan fingerprint density at radius 2 is 2.05 bits per heavy atom. The van der Waals surface area contributed by atoms with Crippen LogP contribution in [0.1, 0.15) is 29.7 Å². The third-order valence-electron chi connectivity index (χ3n) is 3.36. The van der Waals surface area contributed by atoms with Gasteiger partial charge in [-0.3, -0.25) is 5.84 Å². The van der Waals surface area contributed by atoms with Crippen molar-refractivity contribution in [3.05, 3.63) is 64.2 Å². The number of hydrazine groups is 1. The van der Waals surface area contributed by atoms with Crippen LogP contribution in [0.5, 0.6) is 5.75 Å². The lowest BCUT2D eigenvalue weighted by Crippen LogP contribution is -2.29. The highest BCUT2D eigenvalue weighted by Gasteiger charge is 2.17. The fourth-order valence-corrected chi connectivity index (χ4v) is 2.47. The zero-order chi connectivity index (χ0) is 14.5. The molecule has 20 heavy (non-hydrogen) atoms. The lowest BCUT2D eigenvalue weighted by atomic mass is 9.96. The molecule has 0 aliphatic heterocycles. The number of hydrogen-bond acceptors (Lipinski definition) is 3. The van der Waals surface area contributed by atoms with Gasteiger partial charge in [-0.1, -0.05) is 42.8 Å². The number of benzene rings is 2. The number of nitrogens with two attached hydrogens (primary N) is 1. The van der Waals surface area contributed by atoms with Gasteiger partial charge < -0.3 is 4.74 Å². The highest BCUT2D eigenvalue weighted by molar-refractivity contribution is 6.30. The molecule has 3 N–H and O–H groups in total. The minimum absolute atomic E-state index is 0.157. The van der Waals surface area contributed by atoms with E-state index in [2.05, 4.69) is 24.5 Å². The van der Waals surface area contributed by atoms with Crippen LogP contribution in [0.2, 0.25) is 5.02 Å². The molecule has 0 aliphatic rings. The van der Waals surface area contributed by atoms with Crippen LogP contribution in [0.4, 0.5) is 0 Å². The number of nitrogens with one attached hydrogen (secondary N) is 1. The molecular formula is C16H19ClN2O. The van der Waals surface area contributed by atoms with E-state index in [1.807, 2.05) is 24.3 Å². The average Bonchev–Trinajstić information content (AvgIpc) is 2.48. The van der Waals surface area contributed by atoms with E-state index in [1.165, 1.54) is 5.56 Å². The minimum atomic E-state index is -0.157. The minimum Gasteiger partial charge on any atom is -0.496 e. The normalized spacial score (nSPS) is 12.2. The summed E-state index contributed by atoms with van der Waals surface area (Å²) in [6.07, 6.45) is 0.984. The molecule has 4 heteroatoms. The lowest BCUT2D eigenvalue weighted by Gasteiger charge is -2.20. The SMILES string of the molecule is CCc1cccc(C(NN)c2cc(Cl)ccc2OC)c1. The Labute approximate surface area is 124 Å². The fourth-order valence-electron chi connectivity index (χ4n) is 2.29. The van der Waals surface area contributed by atoms with E-state index in [-0.39, 0.29) is 6.04 Å². The number of ether oxygens (including phenoxy) is 1. The van der Waals surface area contributed by atoms with E-state index in [4.69, 9.17) is 22.2 Å². The van der Waals surface area contributed by atoms with Crippen molar-refractivity contribution in [3.63, 3.8) is 0 Å². The molecular weight excluding hydrogens is 272 g/mol. The Hall–Kier alpha value is -1.55. The third kappa shape index (κ3) is 3.12. The molecule has 2 rings (SSSR count). The highest BCUT2D eigenvalue weighted by atomic mass is 35.5. The van der Waals surface area contributed by atoms with Crippen LogP contribution in [0, 0.1) is 0 Å². The van der Waals surface area contributed by atoms with Crippen molar-refractivity contribution in [3.8, 4) is 5.75 Å². The van der Waals surface area contributed by atoms with Crippen molar-refractivity contribution >= 4 is 11.6 Å². The standard InChI is InChI=1S/C16H19ClN2O/c1-3-11-5-4-6-12(9-11)16(19-18)14-10-13(17)7-8-15(14)20-2/h4-10,16,19H,3,18H2,1-2H3. The Morgan fingerprint density at radius 1 is 1.25 bits per heavy atom. The fraction of sp³-hybridized carbons (Fsp3) is 0.250. The van der Waals surface area contributed by atoms with Crippen molar-refractivity contribution in [1.82, 2.24) is 5.43 Å². The number of halogens is 1. The molecule has 0 saturated heterocycles. The first kappa shape index (κ1) is 14.9. The smallest absolute Gasteiger partial charge is 0.124 e. The van der Waals surface area contributed by atoms with E-state index in [1.54, 1.807) is 13.2 Å². The molecule has 0 aromatic heterocycles. The summed E-state index contributed by atoms with van der Waals surface area (Å²) in [5.74, 6) is 6.52. The van der Waals surface area contributed by atoms with Crippen molar-refractivity contribution in [1.29, 1.82) is 0 Å². The second kappa shape index (κ2) is 6.75. The summed E-state index contributed by atoms with van der Waals surface area (Å²) in [4.78, 5) is 0. The maximum atomic E-state index is 6.10. The first-order valence-electron chi connectivity index (χ1n) is 6.58. The molecule has 0 fully saturated rings. The Kier molecular flexibility index (Phi) is 5.01. The topological polar surface area (TPSA) is 47.3 Å². The average molecular weight is 291 g/mol. The Bertz CT molecular complexity index is 586. The van der Waals surface area contributed by atoms with Crippen LogP contribution >= 0.6 is 11.6 Å². The van der Waals surface area contributed by atoms with Crippen molar-refractivity contribution < 1.29 is 4.74 Å². The van der Waals surface area contributed by atoms with E-state index in [0.717, 1.165) is 23.3 Å². The molecule has 106 valence electrons. The van der Waals surface area contributed by atoms with E-state index < -0.39 is 0 Å². The van der Waals surface area contributed by atoms with Crippen LogP contribution in [-0.4, -0.2) is 7.11 Å². The molecule has 0 bridgehead atoms. The third-order valence-corrected chi connectivity index (χ3v) is 3.60. The molecule has 1 atom stereocenters. The van der Waals surface area contributed by atoms with Gasteiger partial charge in [0.25, 0.3) is 0 Å². The summed E-state index contributed by atoms with van der Waals surface area (Å²) >= 11 is 6.10. The van der Waals surface area contributed by atoms with Crippen LogP contribution in [0.15, 0.2) is 42.5 Å². The van der Waals surface area contributed by atoms with Crippen molar-refractivity contribution in [2.45, 2.75) is 19.4 Å². The Balaban J connectivity index is 2.48. The monoisotopic (exact) mass is 290 g/mol. The van der Waals surface area contributed by atoms with Gasteiger partial charge in [-0.2, -0.15) is 0 Å². The van der Waals surface area contributed by atoms with Gasteiger partial charge in [-0.25, -0.2) is 5.43 Å². The molecule has 0 amide bonds. The summed E-state index contributed by atoms with van der Waals surface area (Å²) in [6, 6.07) is 13.7. The summed E-state index contributed by atoms with van der Waals surface area (Å²) in [5.41, 5.74) is 6.13.